The van der Waals surface area contributed by atoms with Crippen LogP contribution in [0, 0.1) is 0 Å². The maximum Gasteiger partial charge on any atom is 0.362 e. The monoisotopic (exact) mass is 743 g/mol. The van der Waals surface area contributed by atoms with Crippen LogP contribution in [0.4, 0.5) is 0 Å². The number of rotatable bonds is 35. The number of esters is 2. The van der Waals surface area contributed by atoms with Crippen molar-refractivity contribution in [2.75, 3.05) is 41.0 Å². The van der Waals surface area contributed by atoms with Crippen LogP contribution >= 0.6 is 0 Å². The van der Waals surface area contributed by atoms with Gasteiger partial charge in [0.15, 0.2) is 12.1 Å². The molecule has 0 rings (SSSR count). The lowest BCUT2D eigenvalue weighted by Gasteiger charge is -2.31. The SMILES string of the molecule is CC/C=C/C/C=C/C/C=C/C/C=C/C/C=C/C/C=C/CCC(=O)OC(COCCC(C(=O)O)[N+](C)(C)C)COC(=O)CCCCCCCCCCCC. The lowest BCUT2D eigenvalue weighted by Crippen LogP contribution is -2.50. The van der Waals surface area contributed by atoms with Crippen molar-refractivity contribution in [3.8, 4) is 0 Å². The molecule has 0 aliphatic rings. The summed E-state index contributed by atoms with van der Waals surface area (Å²) in [5.74, 6) is -1.59. The minimum atomic E-state index is -0.889. The average molecular weight is 743 g/mol. The van der Waals surface area contributed by atoms with Crippen molar-refractivity contribution in [3.05, 3.63) is 72.9 Å². The first-order valence-electron chi connectivity index (χ1n) is 20.5. The number of aliphatic carboxylic acids is 1. The van der Waals surface area contributed by atoms with Gasteiger partial charge in [-0.25, -0.2) is 4.79 Å². The summed E-state index contributed by atoms with van der Waals surface area (Å²) in [6, 6.07) is -0.628. The molecule has 0 aromatic rings. The molecule has 1 N–H and O–H groups in total. The summed E-state index contributed by atoms with van der Waals surface area (Å²) in [4.78, 5) is 36.8. The van der Waals surface area contributed by atoms with Crippen molar-refractivity contribution in [1.82, 2.24) is 0 Å². The van der Waals surface area contributed by atoms with Crippen LogP contribution in [0.3, 0.4) is 0 Å². The van der Waals surface area contributed by atoms with Gasteiger partial charge in [0.2, 0.25) is 0 Å². The molecule has 0 heterocycles. The number of carboxylic acids is 1. The molecule has 0 aromatic heterocycles. The third-order valence-electron chi connectivity index (χ3n) is 8.63. The lowest BCUT2D eigenvalue weighted by atomic mass is 10.1. The Morgan fingerprint density at radius 2 is 1.06 bits per heavy atom. The second-order valence-electron chi connectivity index (χ2n) is 14.5. The van der Waals surface area contributed by atoms with Crippen LogP contribution in [-0.4, -0.2) is 80.6 Å². The predicted octanol–water partition coefficient (Wildman–Crippen LogP) is 10.8. The minimum absolute atomic E-state index is 0.0284. The van der Waals surface area contributed by atoms with E-state index >= 15 is 0 Å². The van der Waals surface area contributed by atoms with Crippen molar-refractivity contribution >= 4 is 17.9 Å². The second-order valence-corrected chi connectivity index (χ2v) is 14.5. The molecule has 8 heteroatoms. The van der Waals surface area contributed by atoms with Gasteiger partial charge in [0.25, 0.3) is 0 Å². The molecule has 2 unspecified atom stereocenters. The topological polar surface area (TPSA) is 99.1 Å². The Hall–Kier alpha value is -3.23. The van der Waals surface area contributed by atoms with Gasteiger partial charge < -0.3 is 23.8 Å². The number of carbonyl (C=O) groups is 3. The molecule has 53 heavy (non-hydrogen) atoms. The highest BCUT2D eigenvalue weighted by molar-refractivity contribution is 5.72. The van der Waals surface area contributed by atoms with E-state index in [0.717, 1.165) is 57.8 Å². The summed E-state index contributed by atoms with van der Waals surface area (Å²) in [6.45, 7) is 4.50. The molecule has 0 aliphatic heterocycles. The van der Waals surface area contributed by atoms with E-state index < -0.39 is 24.1 Å². The second kappa shape index (κ2) is 35.8. The highest BCUT2D eigenvalue weighted by Crippen LogP contribution is 2.13. The third kappa shape index (κ3) is 34.3. The maximum atomic E-state index is 12.6. The summed E-state index contributed by atoms with van der Waals surface area (Å²) >= 11 is 0. The molecular formula is C45H76NO7+. The third-order valence-corrected chi connectivity index (χ3v) is 8.63. The molecule has 0 amide bonds. The molecule has 0 aromatic carbocycles. The molecular weight excluding hydrogens is 666 g/mol. The fourth-order valence-electron chi connectivity index (χ4n) is 5.47. The van der Waals surface area contributed by atoms with Gasteiger partial charge in [0, 0.05) is 19.3 Å². The molecule has 0 saturated heterocycles. The average Bonchev–Trinajstić information content (AvgIpc) is 3.11. The van der Waals surface area contributed by atoms with Crippen LogP contribution < -0.4 is 0 Å². The van der Waals surface area contributed by atoms with Crippen molar-refractivity contribution in [1.29, 1.82) is 0 Å². The van der Waals surface area contributed by atoms with E-state index in [-0.39, 0.29) is 36.7 Å². The normalized spacial score (nSPS) is 13.8. The van der Waals surface area contributed by atoms with Crippen LogP contribution in [0.2, 0.25) is 0 Å². The van der Waals surface area contributed by atoms with E-state index in [1.807, 2.05) is 33.3 Å². The first-order valence-corrected chi connectivity index (χ1v) is 20.5. The van der Waals surface area contributed by atoms with E-state index in [4.69, 9.17) is 14.2 Å². The highest BCUT2D eigenvalue weighted by Gasteiger charge is 2.31. The molecule has 302 valence electrons. The molecule has 8 nitrogen and oxygen atoms in total. The maximum absolute atomic E-state index is 12.6. The number of unbranched alkanes of at least 4 members (excludes halogenated alkanes) is 9. The Balaban J connectivity index is 4.52. The zero-order valence-corrected chi connectivity index (χ0v) is 34.2. The zero-order chi connectivity index (χ0) is 39.3. The van der Waals surface area contributed by atoms with E-state index in [9.17, 15) is 19.5 Å². The molecule has 2 atom stereocenters. The van der Waals surface area contributed by atoms with Gasteiger partial charge in [0.1, 0.15) is 6.61 Å². The van der Waals surface area contributed by atoms with Gasteiger partial charge in [-0.3, -0.25) is 9.59 Å². The largest absolute Gasteiger partial charge is 0.477 e. The van der Waals surface area contributed by atoms with Gasteiger partial charge in [-0.05, 0) is 51.4 Å². The van der Waals surface area contributed by atoms with E-state index in [1.165, 1.54) is 44.9 Å². The number of allylic oxidation sites excluding steroid dienone is 12. The van der Waals surface area contributed by atoms with E-state index in [2.05, 4.69) is 74.6 Å². The van der Waals surface area contributed by atoms with Crippen molar-refractivity contribution in [2.45, 2.75) is 154 Å². The molecule has 0 fully saturated rings. The molecule has 0 saturated carbocycles. The van der Waals surface area contributed by atoms with Gasteiger partial charge in [-0.15, -0.1) is 0 Å². The number of likely N-dealkylation sites (N-methyl/N-ethyl adjacent to an activating group) is 1. The highest BCUT2D eigenvalue weighted by atomic mass is 16.6. The number of carbonyl (C=O) groups excluding carboxylic acids is 2. The van der Waals surface area contributed by atoms with Crippen LogP contribution in [-0.2, 0) is 28.6 Å². The number of hydrogen-bond donors (Lipinski definition) is 1. The molecule has 0 aliphatic carbocycles. The summed E-state index contributed by atoms with van der Waals surface area (Å²) in [5.41, 5.74) is 0. The number of ether oxygens (including phenoxy) is 3. The van der Waals surface area contributed by atoms with Crippen LogP contribution in [0.1, 0.15) is 142 Å². The molecule has 0 radical (unpaired) electrons. The fourth-order valence-corrected chi connectivity index (χ4v) is 5.47. The van der Waals surface area contributed by atoms with Gasteiger partial charge in [-0.2, -0.15) is 0 Å². The lowest BCUT2D eigenvalue weighted by molar-refractivity contribution is -0.887. The summed E-state index contributed by atoms with van der Waals surface area (Å²) in [5, 5.41) is 9.59. The van der Waals surface area contributed by atoms with Crippen LogP contribution in [0.25, 0.3) is 0 Å². The zero-order valence-electron chi connectivity index (χ0n) is 34.2. The first-order chi connectivity index (χ1) is 25.6. The standard InChI is InChI=1S/C45H75NO7/c1-6-8-10-12-14-16-18-19-20-21-22-23-24-25-26-28-30-32-34-36-44(48)53-41(39-51-38-37-42(45(49)50)46(3,4)5)40-52-43(47)35-33-31-29-27-17-15-13-11-9-7-2/h8,10,14,16,19-20,22-23,25-26,30,32,41-42H,6-7,9,11-13,15,17-18,21,24,27-29,31,33-40H2,1-5H3/p+1/b10-8+,16-14+,20-19+,23-22+,26-25+,32-30+. The number of nitrogens with zero attached hydrogens (tertiary/aromatic N) is 1. The fraction of sp³-hybridized carbons (Fsp3) is 0.667. The smallest absolute Gasteiger partial charge is 0.362 e. The number of quaternary nitrogens is 1. The summed E-state index contributed by atoms with van der Waals surface area (Å²) in [7, 11) is 5.49. The Morgan fingerprint density at radius 3 is 1.53 bits per heavy atom. The molecule has 0 bridgehead atoms. The Bertz CT molecular complexity index is 1100. The summed E-state index contributed by atoms with van der Waals surface area (Å²) < 4.78 is 17.1. The number of carboxylic acid groups (broad SMARTS) is 1. The van der Waals surface area contributed by atoms with Crippen molar-refractivity contribution in [3.63, 3.8) is 0 Å². The van der Waals surface area contributed by atoms with Crippen LogP contribution in [0.15, 0.2) is 72.9 Å². The number of hydrogen-bond acceptors (Lipinski definition) is 6. The van der Waals surface area contributed by atoms with E-state index in [0.29, 0.717) is 19.3 Å². The first kappa shape index (κ1) is 49.8. The van der Waals surface area contributed by atoms with Crippen molar-refractivity contribution in [2.24, 2.45) is 0 Å². The Kier molecular flexibility index (Phi) is 33.6. The van der Waals surface area contributed by atoms with Crippen LogP contribution in [0.5, 0.6) is 0 Å². The quantitative estimate of drug-likeness (QED) is 0.0299. The van der Waals surface area contributed by atoms with Gasteiger partial charge in [0.05, 0.1) is 34.4 Å². The molecule has 0 spiro atoms. The minimum Gasteiger partial charge on any atom is -0.477 e. The Morgan fingerprint density at radius 1 is 0.585 bits per heavy atom. The Labute approximate surface area is 323 Å². The van der Waals surface area contributed by atoms with Gasteiger partial charge in [-0.1, -0.05) is 145 Å². The van der Waals surface area contributed by atoms with E-state index in [1.54, 1.807) is 0 Å². The van der Waals surface area contributed by atoms with Gasteiger partial charge >= 0.3 is 17.9 Å². The summed E-state index contributed by atoms with van der Waals surface area (Å²) in [6.07, 6.45) is 43.9. The predicted molar refractivity (Wildman–Crippen MR) is 220 cm³/mol. The van der Waals surface area contributed by atoms with Crippen molar-refractivity contribution < 1.29 is 38.2 Å².